The quantitative estimate of drug-likeness (QED) is 0.338. The van der Waals surface area contributed by atoms with Gasteiger partial charge in [0.05, 0.1) is 16.8 Å². The highest BCUT2D eigenvalue weighted by molar-refractivity contribution is 7.20. The molecule has 1 saturated heterocycles. The fraction of sp³-hybridized carbons (Fsp3) is 0.419. The number of carbonyl (C=O) groups excluding carboxylic acids is 2. The molecule has 0 bridgehead atoms. The fourth-order valence-corrected chi connectivity index (χ4v) is 7.11. The number of thiazole rings is 1. The largest absolute Gasteiger partial charge is 0.479 e. The molecule has 0 spiro atoms. The van der Waals surface area contributed by atoms with E-state index in [-0.39, 0.29) is 24.8 Å². The molecule has 2 fully saturated rings. The number of halogens is 1. The van der Waals surface area contributed by atoms with E-state index in [0.29, 0.717) is 23.1 Å². The molecule has 2 aromatic carbocycles. The highest BCUT2D eigenvalue weighted by Crippen LogP contribution is 2.45. The van der Waals surface area contributed by atoms with Gasteiger partial charge in [0.1, 0.15) is 23.7 Å². The normalized spacial score (nSPS) is 28.3. The number of carbonyl (C=O) groups is 3. The molecule has 6 rings (SSSR count). The molecule has 220 valence electrons. The summed E-state index contributed by atoms with van der Waals surface area (Å²) in [6.45, 7) is 0.184. The van der Waals surface area contributed by atoms with Gasteiger partial charge in [-0.1, -0.05) is 66.1 Å². The molecular formula is C31H33ClN4O5S. The van der Waals surface area contributed by atoms with Crippen molar-refractivity contribution in [1.29, 1.82) is 0 Å². The Hall–Kier alpha value is -3.63. The first-order valence-electron chi connectivity index (χ1n) is 14.4. The third kappa shape index (κ3) is 5.96. The van der Waals surface area contributed by atoms with E-state index in [9.17, 15) is 19.5 Å². The number of ether oxygens (including phenoxy) is 1. The molecule has 3 N–H and O–H groups in total. The summed E-state index contributed by atoms with van der Waals surface area (Å²) in [6, 6.07) is 13.5. The molecule has 42 heavy (non-hydrogen) atoms. The number of fused-ring (bicyclic) bond motifs is 3. The van der Waals surface area contributed by atoms with Crippen LogP contribution in [-0.4, -0.2) is 63.0 Å². The van der Waals surface area contributed by atoms with Crippen molar-refractivity contribution in [2.24, 2.45) is 5.92 Å². The Labute approximate surface area is 252 Å². The van der Waals surface area contributed by atoms with E-state index < -0.39 is 35.6 Å². The number of para-hydroxylation sites is 1. The molecule has 3 aromatic rings. The molecule has 3 heterocycles. The average molecular weight is 609 g/mol. The molecule has 9 nitrogen and oxygen atoms in total. The Morgan fingerprint density at radius 3 is 2.81 bits per heavy atom. The fourth-order valence-electron chi connectivity index (χ4n) is 5.95. The predicted molar refractivity (Wildman–Crippen MR) is 162 cm³/mol. The van der Waals surface area contributed by atoms with Crippen LogP contribution in [0, 0.1) is 5.92 Å². The summed E-state index contributed by atoms with van der Waals surface area (Å²) < 4.78 is 7.12. The second-order valence-corrected chi connectivity index (χ2v) is 12.7. The minimum Gasteiger partial charge on any atom is -0.479 e. The third-order valence-electron chi connectivity index (χ3n) is 8.33. The molecule has 1 saturated carbocycles. The summed E-state index contributed by atoms with van der Waals surface area (Å²) in [5, 5.41) is 17.3. The minimum absolute atomic E-state index is 0.184. The molecular weight excluding hydrogens is 576 g/mol. The Morgan fingerprint density at radius 1 is 1.17 bits per heavy atom. The van der Waals surface area contributed by atoms with E-state index in [0.717, 1.165) is 41.6 Å². The Morgan fingerprint density at radius 2 is 2.00 bits per heavy atom. The van der Waals surface area contributed by atoms with Crippen molar-refractivity contribution >= 4 is 56.6 Å². The topological polar surface area (TPSA) is 121 Å². The average Bonchev–Trinajstić information content (AvgIpc) is 3.29. The molecule has 0 unspecified atom stereocenters. The molecule has 11 heteroatoms. The third-order valence-corrected chi connectivity index (χ3v) is 9.48. The SMILES string of the molecule is O=C1N[C@]2(C(=O)O)C[C@H]2C=CCCCCC[C@H](Nc2ccccc2)C(=O)N2C[C@H](Oc3nc4ccc(Cl)cc4s3)C[C@@H]12. The van der Waals surface area contributed by atoms with Crippen molar-refractivity contribution in [3.63, 3.8) is 0 Å². The van der Waals surface area contributed by atoms with Gasteiger partial charge < -0.3 is 25.4 Å². The number of rotatable bonds is 5. The highest BCUT2D eigenvalue weighted by Gasteiger charge is 2.61. The number of carboxylic acid groups (broad SMARTS) is 1. The Kier molecular flexibility index (Phi) is 8.09. The van der Waals surface area contributed by atoms with Gasteiger partial charge in [0.2, 0.25) is 11.8 Å². The van der Waals surface area contributed by atoms with Gasteiger partial charge in [0, 0.05) is 23.0 Å². The van der Waals surface area contributed by atoms with Crippen molar-refractivity contribution in [2.75, 3.05) is 11.9 Å². The Balaban J connectivity index is 1.28. The summed E-state index contributed by atoms with van der Waals surface area (Å²) >= 11 is 7.49. The smallest absolute Gasteiger partial charge is 0.330 e. The lowest BCUT2D eigenvalue weighted by molar-refractivity contribution is -0.145. The van der Waals surface area contributed by atoms with E-state index in [1.807, 2.05) is 54.6 Å². The van der Waals surface area contributed by atoms with Gasteiger partial charge in [-0.25, -0.2) is 9.78 Å². The molecule has 0 radical (unpaired) electrons. The first-order chi connectivity index (χ1) is 20.3. The van der Waals surface area contributed by atoms with Crippen molar-refractivity contribution in [3.05, 3.63) is 65.7 Å². The van der Waals surface area contributed by atoms with Crippen LogP contribution in [0.4, 0.5) is 5.69 Å². The number of allylic oxidation sites excluding steroid dienone is 1. The lowest BCUT2D eigenvalue weighted by atomic mass is 10.0. The number of carboxylic acids is 1. The van der Waals surface area contributed by atoms with Crippen LogP contribution >= 0.6 is 22.9 Å². The van der Waals surface area contributed by atoms with Crippen molar-refractivity contribution in [1.82, 2.24) is 15.2 Å². The van der Waals surface area contributed by atoms with Gasteiger partial charge in [0.15, 0.2) is 0 Å². The standard InChI is InChI=1S/C31H33ClN4O5S/c32-20-13-14-23-26(15-20)42-30(34-23)41-22-16-25-27(37)35-31(29(39)40)17-19(31)9-5-2-1-3-8-12-24(28(38)36(25)18-22)33-21-10-6-4-7-11-21/h4-7,9-11,13-15,19,22,24-25,33H,1-3,8,12,16-18H2,(H,35,37)(H,39,40)/t19-,22-,24+,25+,31-/m1/s1. The molecule has 2 amide bonds. The second kappa shape index (κ2) is 11.9. The number of nitrogens with zero attached hydrogens (tertiary/aromatic N) is 2. The van der Waals surface area contributed by atoms with E-state index >= 15 is 0 Å². The van der Waals surface area contributed by atoms with Crippen LogP contribution in [0.1, 0.15) is 44.9 Å². The van der Waals surface area contributed by atoms with Gasteiger partial charge >= 0.3 is 5.97 Å². The molecule has 5 atom stereocenters. The molecule has 1 aromatic heterocycles. The number of anilines is 1. The maximum Gasteiger partial charge on any atom is 0.330 e. The van der Waals surface area contributed by atoms with E-state index in [4.69, 9.17) is 16.3 Å². The van der Waals surface area contributed by atoms with E-state index in [1.165, 1.54) is 11.3 Å². The lowest BCUT2D eigenvalue weighted by Crippen LogP contribution is -2.55. The van der Waals surface area contributed by atoms with E-state index in [2.05, 4.69) is 15.6 Å². The van der Waals surface area contributed by atoms with Gasteiger partial charge in [0.25, 0.3) is 5.19 Å². The maximum atomic E-state index is 14.2. The molecule has 3 aliphatic rings. The summed E-state index contributed by atoms with van der Waals surface area (Å²) in [5.74, 6) is -2.01. The van der Waals surface area contributed by atoms with Crippen LogP contribution in [0.25, 0.3) is 10.2 Å². The Bertz CT molecular complexity index is 1510. The number of nitrogens with one attached hydrogen (secondary N) is 2. The van der Waals surface area contributed by atoms with Gasteiger partial charge in [-0.2, -0.15) is 0 Å². The van der Waals surface area contributed by atoms with Crippen molar-refractivity contribution < 1.29 is 24.2 Å². The predicted octanol–water partition coefficient (Wildman–Crippen LogP) is 5.26. The van der Waals surface area contributed by atoms with Crippen LogP contribution in [0.15, 0.2) is 60.7 Å². The van der Waals surface area contributed by atoms with Crippen LogP contribution in [0.2, 0.25) is 5.02 Å². The van der Waals surface area contributed by atoms with Gasteiger partial charge in [-0.3, -0.25) is 9.59 Å². The number of aliphatic carboxylic acids is 1. The zero-order valence-electron chi connectivity index (χ0n) is 23.0. The van der Waals surface area contributed by atoms with Crippen LogP contribution in [0.5, 0.6) is 5.19 Å². The van der Waals surface area contributed by atoms with Crippen molar-refractivity contribution in [2.45, 2.75) is 68.7 Å². The monoisotopic (exact) mass is 608 g/mol. The van der Waals surface area contributed by atoms with Crippen LogP contribution < -0.4 is 15.4 Å². The number of hydrogen-bond acceptors (Lipinski definition) is 7. The summed E-state index contributed by atoms with van der Waals surface area (Å²) in [6.07, 6.45) is 8.15. The zero-order chi connectivity index (χ0) is 29.3. The molecule has 1 aliphatic carbocycles. The van der Waals surface area contributed by atoms with Crippen LogP contribution in [0.3, 0.4) is 0 Å². The number of amides is 2. The summed E-state index contributed by atoms with van der Waals surface area (Å²) in [7, 11) is 0. The number of aromatic nitrogens is 1. The van der Waals surface area contributed by atoms with Crippen LogP contribution in [-0.2, 0) is 14.4 Å². The van der Waals surface area contributed by atoms with E-state index in [1.54, 1.807) is 11.0 Å². The van der Waals surface area contributed by atoms with Gasteiger partial charge in [-0.05, 0) is 56.0 Å². The number of hydrogen-bond donors (Lipinski definition) is 3. The second-order valence-electron chi connectivity index (χ2n) is 11.3. The summed E-state index contributed by atoms with van der Waals surface area (Å²) in [5.41, 5.74) is 0.225. The highest BCUT2D eigenvalue weighted by atomic mass is 35.5. The minimum atomic E-state index is -1.35. The first kappa shape index (κ1) is 28.5. The first-order valence-corrected chi connectivity index (χ1v) is 15.6. The lowest BCUT2D eigenvalue weighted by Gasteiger charge is -2.30. The number of benzene rings is 2. The molecule has 2 aliphatic heterocycles. The zero-order valence-corrected chi connectivity index (χ0v) is 24.6. The maximum absolute atomic E-state index is 14.2. The summed E-state index contributed by atoms with van der Waals surface area (Å²) in [4.78, 5) is 46.4. The van der Waals surface area contributed by atoms with Crippen molar-refractivity contribution in [3.8, 4) is 5.19 Å². The van der Waals surface area contributed by atoms with Gasteiger partial charge in [-0.15, -0.1) is 0 Å².